The molecule has 2 aromatic carbocycles. The number of ether oxygens (including phenoxy) is 1. The van der Waals surface area contributed by atoms with Gasteiger partial charge in [-0.1, -0.05) is 23.7 Å². The molecule has 0 radical (unpaired) electrons. The molecule has 162 valence electrons. The Morgan fingerprint density at radius 1 is 1.10 bits per heavy atom. The zero-order valence-electron chi connectivity index (χ0n) is 17.5. The summed E-state index contributed by atoms with van der Waals surface area (Å²) in [6, 6.07) is 14.4. The first-order valence-electron chi connectivity index (χ1n) is 10.2. The highest BCUT2D eigenvalue weighted by Crippen LogP contribution is 2.26. The van der Waals surface area contributed by atoms with Crippen LogP contribution >= 0.6 is 11.6 Å². The third-order valence-electron chi connectivity index (χ3n) is 5.57. The van der Waals surface area contributed by atoms with E-state index in [1.54, 1.807) is 25.0 Å². The average Bonchev–Trinajstić information content (AvgIpc) is 3.23. The Hall–Kier alpha value is -3.19. The Kier molecular flexibility index (Phi) is 6.04. The van der Waals surface area contributed by atoms with E-state index in [4.69, 9.17) is 16.3 Å². The van der Waals surface area contributed by atoms with Gasteiger partial charge in [0, 0.05) is 47.8 Å². The number of nitrogens with one attached hydrogen (secondary N) is 2. The van der Waals surface area contributed by atoms with Crippen LogP contribution in [0.4, 0.5) is 5.69 Å². The molecule has 8 heteroatoms. The van der Waals surface area contributed by atoms with Gasteiger partial charge in [0.05, 0.1) is 7.11 Å². The smallest absolute Gasteiger partial charge is 0.268 e. The quantitative estimate of drug-likeness (QED) is 0.638. The average molecular weight is 441 g/mol. The molecule has 0 bridgehead atoms. The van der Waals surface area contributed by atoms with Crippen LogP contribution in [0, 0.1) is 0 Å². The van der Waals surface area contributed by atoms with Crippen LogP contribution in [-0.4, -0.2) is 61.0 Å². The van der Waals surface area contributed by atoms with E-state index in [1.807, 2.05) is 42.5 Å². The van der Waals surface area contributed by atoms with Crippen molar-refractivity contribution in [1.29, 1.82) is 0 Å². The summed E-state index contributed by atoms with van der Waals surface area (Å²) in [6.45, 7) is 4.33. The zero-order chi connectivity index (χ0) is 22.0. The zero-order valence-corrected chi connectivity index (χ0v) is 18.3. The molecule has 1 aliphatic heterocycles. The van der Waals surface area contributed by atoms with Gasteiger partial charge in [-0.15, -0.1) is 0 Å². The number of carbonyl (C=O) groups excluding carboxylic acids is 2. The molecule has 7 nitrogen and oxygen atoms in total. The molecule has 31 heavy (non-hydrogen) atoms. The topological polar surface area (TPSA) is 77.7 Å². The fourth-order valence-corrected chi connectivity index (χ4v) is 4.08. The lowest BCUT2D eigenvalue weighted by atomic mass is 10.2. The summed E-state index contributed by atoms with van der Waals surface area (Å²) in [7, 11) is 1.59. The van der Waals surface area contributed by atoms with Crippen molar-refractivity contribution >= 4 is 40.0 Å². The fraction of sp³-hybridized carbons (Fsp3) is 0.304. The van der Waals surface area contributed by atoms with Crippen LogP contribution in [0.5, 0.6) is 5.75 Å². The van der Waals surface area contributed by atoms with E-state index < -0.39 is 6.04 Å². The molecule has 2 N–H and O–H groups in total. The third kappa shape index (κ3) is 4.46. The Balaban J connectivity index is 1.36. The van der Waals surface area contributed by atoms with Gasteiger partial charge < -0.3 is 24.8 Å². The lowest BCUT2D eigenvalue weighted by molar-refractivity contribution is -0.133. The Morgan fingerprint density at radius 2 is 1.84 bits per heavy atom. The van der Waals surface area contributed by atoms with E-state index in [9.17, 15) is 9.59 Å². The standard InChI is InChI=1S/C23H25ClN4O3/c1-15(25-22(29)20-14-18-19(26-20)7-4-8-21(18)31-2)23(30)28-11-9-27(10-12-28)17-6-3-5-16(24)13-17/h3-8,13-15,26H,9-12H2,1-2H3,(H,25,29)/t15-/m1/s1. The highest BCUT2D eigenvalue weighted by atomic mass is 35.5. The van der Waals surface area contributed by atoms with Crippen LogP contribution in [-0.2, 0) is 4.79 Å². The molecule has 1 atom stereocenters. The molecule has 0 saturated carbocycles. The first-order chi connectivity index (χ1) is 15.0. The molecule has 2 heterocycles. The van der Waals surface area contributed by atoms with Gasteiger partial charge in [-0.3, -0.25) is 9.59 Å². The third-order valence-corrected chi connectivity index (χ3v) is 5.81. The van der Waals surface area contributed by atoms with Crippen molar-refractivity contribution in [3.63, 3.8) is 0 Å². The van der Waals surface area contributed by atoms with E-state index >= 15 is 0 Å². The van der Waals surface area contributed by atoms with Crippen molar-refractivity contribution in [2.75, 3.05) is 38.2 Å². The number of carbonyl (C=O) groups is 2. The SMILES string of the molecule is COc1cccc2[nH]c(C(=O)N[C@H](C)C(=O)N3CCN(c4cccc(Cl)c4)CC3)cc12. The minimum atomic E-state index is -0.626. The predicted octanol–water partition coefficient (Wildman–Crippen LogP) is 3.30. The van der Waals surface area contributed by atoms with Gasteiger partial charge >= 0.3 is 0 Å². The maximum atomic E-state index is 12.9. The maximum absolute atomic E-state index is 12.9. The molecule has 0 unspecified atom stereocenters. The van der Waals surface area contributed by atoms with Crippen LogP contribution in [0.15, 0.2) is 48.5 Å². The summed E-state index contributed by atoms with van der Waals surface area (Å²) in [5.74, 6) is 0.277. The van der Waals surface area contributed by atoms with Gasteiger partial charge in [0.15, 0.2) is 0 Å². The Bertz CT molecular complexity index is 1110. The molecule has 0 aliphatic carbocycles. The van der Waals surface area contributed by atoms with Crippen LogP contribution in [0.25, 0.3) is 10.9 Å². The Morgan fingerprint density at radius 3 is 2.55 bits per heavy atom. The van der Waals surface area contributed by atoms with Gasteiger partial charge in [0.2, 0.25) is 5.91 Å². The number of amides is 2. The molecule has 2 amide bonds. The first kappa shape index (κ1) is 21.1. The van der Waals surface area contributed by atoms with Crippen LogP contribution in [0.2, 0.25) is 5.02 Å². The summed E-state index contributed by atoms with van der Waals surface area (Å²) < 4.78 is 5.34. The number of aromatic amines is 1. The van der Waals surface area contributed by atoms with Gasteiger partial charge in [-0.25, -0.2) is 0 Å². The number of benzene rings is 2. The monoisotopic (exact) mass is 440 g/mol. The number of rotatable bonds is 5. The summed E-state index contributed by atoms with van der Waals surface area (Å²) in [5.41, 5.74) is 2.25. The largest absolute Gasteiger partial charge is 0.496 e. The fourth-order valence-electron chi connectivity index (χ4n) is 3.90. The van der Waals surface area contributed by atoms with Crippen molar-refractivity contribution in [2.45, 2.75) is 13.0 Å². The van der Waals surface area contributed by atoms with Gasteiger partial charge in [-0.2, -0.15) is 0 Å². The summed E-state index contributed by atoms with van der Waals surface area (Å²) >= 11 is 6.09. The van der Waals surface area contributed by atoms with Crippen molar-refractivity contribution in [3.8, 4) is 5.75 Å². The highest BCUT2D eigenvalue weighted by molar-refractivity contribution is 6.30. The molecular weight excluding hydrogens is 416 g/mol. The highest BCUT2D eigenvalue weighted by Gasteiger charge is 2.26. The van der Waals surface area contributed by atoms with Gasteiger partial charge in [0.1, 0.15) is 17.5 Å². The first-order valence-corrected chi connectivity index (χ1v) is 10.6. The number of anilines is 1. The molecule has 1 fully saturated rings. The minimum absolute atomic E-state index is 0.0900. The molecule has 1 aromatic heterocycles. The summed E-state index contributed by atoms with van der Waals surface area (Å²) in [5, 5.41) is 4.33. The lowest BCUT2D eigenvalue weighted by Gasteiger charge is -2.37. The number of piperazine rings is 1. The Labute approximate surface area is 185 Å². The number of fused-ring (bicyclic) bond motifs is 1. The van der Waals surface area contributed by atoms with E-state index in [-0.39, 0.29) is 11.8 Å². The molecule has 0 spiro atoms. The second kappa shape index (κ2) is 8.89. The summed E-state index contributed by atoms with van der Waals surface area (Å²) in [6.07, 6.45) is 0. The van der Waals surface area contributed by atoms with Crippen molar-refractivity contribution in [3.05, 3.63) is 59.2 Å². The predicted molar refractivity (Wildman–Crippen MR) is 122 cm³/mol. The van der Waals surface area contributed by atoms with Gasteiger partial charge in [0.25, 0.3) is 5.91 Å². The van der Waals surface area contributed by atoms with Crippen molar-refractivity contribution in [1.82, 2.24) is 15.2 Å². The number of H-pyrrole nitrogens is 1. The van der Waals surface area contributed by atoms with Crippen LogP contribution in [0.3, 0.4) is 0 Å². The number of hydrogen-bond acceptors (Lipinski definition) is 4. The number of hydrogen-bond donors (Lipinski definition) is 2. The van der Waals surface area contributed by atoms with Crippen molar-refractivity contribution in [2.24, 2.45) is 0 Å². The summed E-state index contributed by atoms with van der Waals surface area (Å²) in [4.78, 5) is 32.7. The molecule has 1 saturated heterocycles. The molecule has 4 rings (SSSR count). The number of nitrogens with zero attached hydrogens (tertiary/aromatic N) is 2. The maximum Gasteiger partial charge on any atom is 0.268 e. The van der Waals surface area contributed by atoms with E-state index in [0.29, 0.717) is 42.6 Å². The number of methoxy groups -OCH3 is 1. The number of halogens is 1. The second-order valence-electron chi connectivity index (χ2n) is 7.59. The minimum Gasteiger partial charge on any atom is -0.496 e. The second-order valence-corrected chi connectivity index (χ2v) is 8.03. The van der Waals surface area contributed by atoms with Crippen LogP contribution < -0.4 is 15.0 Å². The lowest BCUT2D eigenvalue weighted by Crippen LogP contribution is -2.54. The van der Waals surface area contributed by atoms with Crippen molar-refractivity contribution < 1.29 is 14.3 Å². The van der Waals surface area contributed by atoms with Gasteiger partial charge in [-0.05, 0) is 43.3 Å². The molecular formula is C23H25ClN4O3. The normalized spacial score (nSPS) is 15.1. The van der Waals surface area contributed by atoms with E-state index in [0.717, 1.165) is 16.6 Å². The molecule has 1 aliphatic rings. The van der Waals surface area contributed by atoms with E-state index in [2.05, 4.69) is 15.2 Å². The molecule has 3 aromatic rings. The van der Waals surface area contributed by atoms with Crippen LogP contribution in [0.1, 0.15) is 17.4 Å². The number of aromatic nitrogens is 1. The van der Waals surface area contributed by atoms with E-state index in [1.165, 1.54) is 0 Å².